The van der Waals surface area contributed by atoms with Crippen molar-refractivity contribution >= 4 is 21.6 Å². The number of aliphatic hydroxyl groups excluding tert-OH is 1. The van der Waals surface area contributed by atoms with E-state index in [1.54, 1.807) is 28.6 Å². The summed E-state index contributed by atoms with van der Waals surface area (Å²) in [5, 5.41) is 9.62. The number of hydrogen-bond acceptors (Lipinski definition) is 3. The lowest BCUT2D eigenvalue weighted by Crippen LogP contribution is -2.37. The fourth-order valence-corrected chi connectivity index (χ4v) is 5.11. The molecule has 1 N–H and O–H groups in total. The number of aliphatic hydroxyl groups is 1. The minimum Gasteiger partial charge on any atom is -0.396 e. The molecule has 142 valence electrons. The van der Waals surface area contributed by atoms with Crippen LogP contribution in [0.3, 0.4) is 0 Å². The summed E-state index contributed by atoms with van der Waals surface area (Å²) in [6.45, 7) is 3.30. The summed E-state index contributed by atoms with van der Waals surface area (Å²) in [5.41, 5.74) is 0. The Bertz CT molecular complexity index is 612. The first kappa shape index (κ1) is 20.7. The van der Waals surface area contributed by atoms with Crippen LogP contribution in [0.4, 0.5) is 0 Å². The molecule has 0 unspecified atom stereocenters. The number of benzene rings is 1. The van der Waals surface area contributed by atoms with E-state index in [1.165, 1.54) is 19.3 Å². The van der Waals surface area contributed by atoms with E-state index in [-0.39, 0.29) is 6.61 Å². The Morgan fingerprint density at radius 2 is 1.80 bits per heavy atom. The van der Waals surface area contributed by atoms with Gasteiger partial charge in [0.05, 0.1) is 4.90 Å². The molecule has 2 rings (SSSR count). The second kappa shape index (κ2) is 9.91. The van der Waals surface area contributed by atoms with Crippen molar-refractivity contribution < 1.29 is 13.5 Å². The number of nitrogens with zero attached hydrogens (tertiary/aromatic N) is 1. The van der Waals surface area contributed by atoms with Crippen molar-refractivity contribution in [2.24, 2.45) is 11.8 Å². The molecule has 0 aromatic heterocycles. The molecule has 0 saturated heterocycles. The third-order valence-corrected chi connectivity index (χ3v) is 7.26. The molecule has 6 heteroatoms. The molecule has 1 fully saturated rings. The lowest BCUT2D eigenvalue weighted by atomic mass is 9.89. The predicted molar refractivity (Wildman–Crippen MR) is 102 cm³/mol. The van der Waals surface area contributed by atoms with Gasteiger partial charge in [-0.05, 0) is 61.8 Å². The van der Waals surface area contributed by atoms with Crippen LogP contribution in [-0.2, 0) is 10.0 Å². The van der Waals surface area contributed by atoms with E-state index in [4.69, 9.17) is 16.7 Å². The first-order valence-electron chi connectivity index (χ1n) is 9.30. The largest absolute Gasteiger partial charge is 0.396 e. The smallest absolute Gasteiger partial charge is 0.243 e. The van der Waals surface area contributed by atoms with Crippen LogP contribution in [0.25, 0.3) is 0 Å². The maximum atomic E-state index is 13.1. The normalized spacial score (nSPS) is 17.8. The molecule has 1 aliphatic carbocycles. The number of halogens is 1. The number of hydrogen-bond donors (Lipinski definition) is 1. The van der Waals surface area contributed by atoms with Crippen LogP contribution in [0.2, 0.25) is 5.02 Å². The summed E-state index contributed by atoms with van der Waals surface area (Å²) >= 11 is 5.90. The lowest BCUT2D eigenvalue weighted by molar-refractivity contribution is 0.240. The second-order valence-electron chi connectivity index (χ2n) is 7.23. The van der Waals surface area contributed by atoms with E-state index in [9.17, 15) is 8.42 Å². The Morgan fingerprint density at radius 1 is 1.16 bits per heavy atom. The molecule has 1 aromatic carbocycles. The lowest BCUT2D eigenvalue weighted by Gasteiger charge is -2.30. The highest BCUT2D eigenvalue weighted by atomic mass is 35.5. The maximum absolute atomic E-state index is 13.1. The maximum Gasteiger partial charge on any atom is 0.243 e. The molecule has 1 atom stereocenters. The van der Waals surface area contributed by atoms with Gasteiger partial charge in [0.15, 0.2) is 0 Å². The fraction of sp³-hybridized carbons (Fsp3) is 0.684. The van der Waals surface area contributed by atoms with Gasteiger partial charge < -0.3 is 5.11 Å². The Morgan fingerprint density at radius 3 is 2.40 bits per heavy atom. The number of rotatable bonds is 9. The average molecular weight is 388 g/mol. The molecule has 1 aromatic rings. The molecule has 0 spiro atoms. The summed E-state index contributed by atoms with van der Waals surface area (Å²) < 4.78 is 27.9. The van der Waals surface area contributed by atoms with Gasteiger partial charge in [-0.15, -0.1) is 0 Å². The minimum absolute atomic E-state index is 0.147. The van der Waals surface area contributed by atoms with Crippen molar-refractivity contribution in [2.75, 3.05) is 19.7 Å². The van der Waals surface area contributed by atoms with Gasteiger partial charge in [-0.3, -0.25) is 0 Å². The van der Waals surface area contributed by atoms with E-state index in [1.807, 2.05) is 0 Å². The van der Waals surface area contributed by atoms with Crippen LogP contribution < -0.4 is 0 Å². The van der Waals surface area contributed by atoms with Crippen molar-refractivity contribution in [3.8, 4) is 0 Å². The van der Waals surface area contributed by atoms with E-state index in [0.29, 0.717) is 41.3 Å². The summed E-state index contributed by atoms with van der Waals surface area (Å²) in [6, 6.07) is 6.43. The van der Waals surface area contributed by atoms with Gasteiger partial charge in [-0.25, -0.2) is 8.42 Å². The third-order valence-electron chi connectivity index (χ3n) is 5.13. The molecule has 25 heavy (non-hydrogen) atoms. The Balaban J connectivity index is 2.14. The van der Waals surface area contributed by atoms with Gasteiger partial charge in [0.25, 0.3) is 0 Å². The van der Waals surface area contributed by atoms with Crippen LogP contribution in [0.5, 0.6) is 0 Å². The van der Waals surface area contributed by atoms with Crippen LogP contribution in [0, 0.1) is 11.8 Å². The summed E-state index contributed by atoms with van der Waals surface area (Å²) in [6.07, 6.45) is 7.34. The van der Waals surface area contributed by atoms with Crippen molar-refractivity contribution in [2.45, 2.75) is 56.8 Å². The molecule has 1 aliphatic rings. The number of sulfonamides is 1. The first-order chi connectivity index (χ1) is 11.9. The Kier molecular flexibility index (Phi) is 8.20. The third kappa shape index (κ3) is 6.24. The summed E-state index contributed by atoms with van der Waals surface area (Å²) in [7, 11) is -3.52. The van der Waals surface area contributed by atoms with Gasteiger partial charge in [-0.2, -0.15) is 4.31 Å². The minimum atomic E-state index is -3.52. The zero-order chi connectivity index (χ0) is 18.3. The highest BCUT2D eigenvalue weighted by Gasteiger charge is 2.28. The van der Waals surface area contributed by atoms with Crippen LogP contribution >= 0.6 is 11.6 Å². The second-order valence-corrected chi connectivity index (χ2v) is 9.60. The summed E-state index contributed by atoms with van der Waals surface area (Å²) in [5.74, 6) is 0.753. The molecule has 0 aliphatic heterocycles. The van der Waals surface area contributed by atoms with E-state index in [0.717, 1.165) is 19.3 Å². The molecule has 0 radical (unpaired) electrons. The van der Waals surface area contributed by atoms with Crippen molar-refractivity contribution in [1.82, 2.24) is 4.31 Å². The molecule has 0 amide bonds. The highest BCUT2D eigenvalue weighted by molar-refractivity contribution is 7.89. The Labute approximate surface area is 157 Å². The molecule has 0 heterocycles. The van der Waals surface area contributed by atoms with Crippen LogP contribution in [-0.4, -0.2) is 37.5 Å². The zero-order valence-electron chi connectivity index (χ0n) is 15.0. The fourth-order valence-electron chi connectivity index (χ4n) is 3.45. The van der Waals surface area contributed by atoms with E-state index in [2.05, 4.69) is 6.92 Å². The molecule has 4 nitrogen and oxygen atoms in total. The highest BCUT2D eigenvalue weighted by Crippen LogP contribution is 2.27. The average Bonchev–Trinajstić information content (AvgIpc) is 2.60. The van der Waals surface area contributed by atoms with Gasteiger partial charge in [0, 0.05) is 24.7 Å². The Hall–Kier alpha value is -0.620. The standard InChI is InChI=1S/C19H30ClNO3S/c1-16(12-14-22)11-13-21(15-17-5-3-2-4-6-17)25(23,24)19-9-7-18(20)8-10-19/h7-10,16-17,22H,2-6,11-15H2,1H3/t16-/m1/s1. The monoisotopic (exact) mass is 387 g/mol. The van der Waals surface area contributed by atoms with Gasteiger partial charge in [0.2, 0.25) is 10.0 Å². The molecular formula is C19H30ClNO3S. The van der Waals surface area contributed by atoms with E-state index < -0.39 is 10.0 Å². The van der Waals surface area contributed by atoms with Crippen molar-refractivity contribution in [1.29, 1.82) is 0 Å². The SMILES string of the molecule is C[C@@H](CCO)CCN(CC1CCCCC1)S(=O)(=O)c1ccc(Cl)cc1. The molecule has 1 saturated carbocycles. The topological polar surface area (TPSA) is 57.6 Å². The van der Waals surface area contributed by atoms with Gasteiger partial charge in [-0.1, -0.05) is 37.8 Å². The van der Waals surface area contributed by atoms with Crippen molar-refractivity contribution in [3.05, 3.63) is 29.3 Å². The predicted octanol–water partition coefficient (Wildman–Crippen LogP) is 4.32. The van der Waals surface area contributed by atoms with Crippen LogP contribution in [0.15, 0.2) is 29.2 Å². The first-order valence-corrected chi connectivity index (χ1v) is 11.1. The quantitative estimate of drug-likeness (QED) is 0.686. The molecular weight excluding hydrogens is 358 g/mol. The van der Waals surface area contributed by atoms with E-state index >= 15 is 0 Å². The van der Waals surface area contributed by atoms with Gasteiger partial charge in [0.1, 0.15) is 0 Å². The van der Waals surface area contributed by atoms with Gasteiger partial charge >= 0.3 is 0 Å². The summed E-state index contributed by atoms with van der Waals surface area (Å²) in [4.78, 5) is 0.308. The van der Waals surface area contributed by atoms with Crippen molar-refractivity contribution in [3.63, 3.8) is 0 Å². The zero-order valence-corrected chi connectivity index (χ0v) is 16.6. The van der Waals surface area contributed by atoms with Crippen LogP contribution in [0.1, 0.15) is 51.9 Å². The molecule has 0 bridgehead atoms.